The third kappa shape index (κ3) is 6.02. The van der Waals surface area contributed by atoms with Crippen molar-refractivity contribution in [3.05, 3.63) is 57.8 Å². The van der Waals surface area contributed by atoms with Gasteiger partial charge in [0.15, 0.2) is 0 Å². The van der Waals surface area contributed by atoms with Crippen LogP contribution in [0.2, 0.25) is 0 Å². The van der Waals surface area contributed by atoms with E-state index >= 15 is 0 Å². The fourth-order valence-electron chi connectivity index (χ4n) is 2.51. The molecule has 25 heavy (non-hydrogen) atoms. The highest BCUT2D eigenvalue weighted by molar-refractivity contribution is 7.08. The van der Waals surface area contributed by atoms with Crippen molar-refractivity contribution in [1.29, 1.82) is 0 Å². The maximum atomic E-state index is 12.1. The molecule has 0 aliphatic heterocycles. The minimum atomic E-state index is -0.0831. The SMILES string of the molecule is CC(C)c1ccc(C(C)NC(=O)CCCNC(=O)c2ccsc2)cc1. The van der Waals surface area contributed by atoms with Crippen LogP contribution in [0.5, 0.6) is 0 Å². The third-order valence-corrected chi connectivity index (χ3v) is 4.81. The number of thiophene rings is 1. The molecule has 0 radical (unpaired) electrons. The van der Waals surface area contributed by atoms with Gasteiger partial charge in [0.1, 0.15) is 0 Å². The number of nitrogens with one attached hydrogen (secondary N) is 2. The van der Waals surface area contributed by atoms with Crippen LogP contribution in [0, 0.1) is 0 Å². The van der Waals surface area contributed by atoms with Gasteiger partial charge in [-0.25, -0.2) is 0 Å². The molecule has 1 aromatic heterocycles. The highest BCUT2D eigenvalue weighted by atomic mass is 32.1. The first-order valence-corrected chi connectivity index (χ1v) is 9.61. The predicted octanol–water partition coefficient (Wildman–Crippen LogP) is 4.26. The van der Waals surface area contributed by atoms with Crippen LogP contribution in [0.1, 0.15) is 67.1 Å². The van der Waals surface area contributed by atoms with Crippen LogP contribution in [0.15, 0.2) is 41.1 Å². The van der Waals surface area contributed by atoms with Gasteiger partial charge >= 0.3 is 0 Å². The number of hydrogen-bond acceptors (Lipinski definition) is 3. The second kappa shape index (κ2) is 9.37. The maximum Gasteiger partial charge on any atom is 0.252 e. The van der Waals surface area contributed by atoms with Crippen LogP contribution in [-0.4, -0.2) is 18.4 Å². The molecule has 1 atom stereocenters. The Morgan fingerprint density at radius 2 is 1.72 bits per heavy atom. The molecular weight excluding hydrogens is 332 g/mol. The zero-order valence-electron chi connectivity index (χ0n) is 15.0. The van der Waals surface area contributed by atoms with Crippen molar-refractivity contribution in [3.8, 4) is 0 Å². The molecule has 2 amide bonds. The van der Waals surface area contributed by atoms with Gasteiger partial charge in [-0.05, 0) is 41.8 Å². The van der Waals surface area contributed by atoms with E-state index in [2.05, 4.69) is 48.7 Å². The Hall–Kier alpha value is -2.14. The summed E-state index contributed by atoms with van der Waals surface area (Å²) < 4.78 is 0. The average molecular weight is 359 g/mol. The highest BCUT2D eigenvalue weighted by Crippen LogP contribution is 2.18. The van der Waals surface area contributed by atoms with E-state index in [4.69, 9.17) is 0 Å². The summed E-state index contributed by atoms with van der Waals surface area (Å²) in [5.74, 6) is 0.425. The van der Waals surface area contributed by atoms with Gasteiger partial charge < -0.3 is 10.6 Å². The van der Waals surface area contributed by atoms with Crippen molar-refractivity contribution >= 4 is 23.2 Å². The number of hydrogen-bond donors (Lipinski definition) is 2. The van der Waals surface area contributed by atoms with Crippen molar-refractivity contribution in [2.45, 2.75) is 45.6 Å². The molecular formula is C20H26N2O2S. The Bertz CT molecular complexity index is 678. The first-order chi connectivity index (χ1) is 12.0. The number of carbonyl (C=O) groups excluding carboxylic acids is 2. The fourth-order valence-corrected chi connectivity index (χ4v) is 3.15. The zero-order chi connectivity index (χ0) is 18.2. The molecule has 5 heteroatoms. The summed E-state index contributed by atoms with van der Waals surface area (Å²) in [5.41, 5.74) is 3.07. The van der Waals surface area contributed by atoms with E-state index < -0.39 is 0 Å². The molecule has 0 fully saturated rings. The van der Waals surface area contributed by atoms with Gasteiger partial charge in [0.05, 0.1) is 6.04 Å². The predicted molar refractivity (Wildman–Crippen MR) is 103 cm³/mol. The van der Waals surface area contributed by atoms with E-state index in [1.807, 2.05) is 17.7 Å². The Balaban J connectivity index is 1.69. The lowest BCUT2D eigenvalue weighted by molar-refractivity contribution is -0.121. The fraction of sp³-hybridized carbons (Fsp3) is 0.400. The first kappa shape index (κ1) is 19.2. The molecule has 2 aromatic rings. The van der Waals surface area contributed by atoms with Gasteiger partial charge in [0, 0.05) is 23.9 Å². The molecule has 0 aliphatic rings. The monoisotopic (exact) mass is 358 g/mol. The Morgan fingerprint density at radius 3 is 2.32 bits per heavy atom. The lowest BCUT2D eigenvalue weighted by atomic mass is 9.99. The molecule has 0 bridgehead atoms. The summed E-state index contributed by atoms with van der Waals surface area (Å²) in [4.78, 5) is 23.8. The number of benzene rings is 1. The molecule has 2 rings (SSSR count). The minimum Gasteiger partial charge on any atom is -0.352 e. The molecule has 4 nitrogen and oxygen atoms in total. The quantitative estimate of drug-likeness (QED) is 0.693. The van der Waals surface area contributed by atoms with Crippen molar-refractivity contribution in [3.63, 3.8) is 0 Å². The normalized spacial score (nSPS) is 12.0. The molecule has 1 unspecified atom stereocenters. The van der Waals surface area contributed by atoms with Crippen LogP contribution < -0.4 is 10.6 Å². The van der Waals surface area contributed by atoms with E-state index in [0.717, 1.165) is 5.56 Å². The third-order valence-electron chi connectivity index (χ3n) is 4.13. The van der Waals surface area contributed by atoms with E-state index in [9.17, 15) is 9.59 Å². The molecule has 1 aromatic carbocycles. The van der Waals surface area contributed by atoms with Crippen molar-refractivity contribution in [2.24, 2.45) is 0 Å². The molecule has 1 heterocycles. The van der Waals surface area contributed by atoms with E-state index in [0.29, 0.717) is 30.9 Å². The molecule has 2 N–H and O–H groups in total. The molecule has 0 aliphatic carbocycles. The van der Waals surface area contributed by atoms with Gasteiger partial charge in [0.25, 0.3) is 5.91 Å². The van der Waals surface area contributed by atoms with Gasteiger partial charge in [-0.15, -0.1) is 0 Å². The molecule has 0 saturated heterocycles. The lowest BCUT2D eigenvalue weighted by Gasteiger charge is -2.15. The summed E-state index contributed by atoms with van der Waals surface area (Å²) in [6.45, 7) is 6.81. The highest BCUT2D eigenvalue weighted by Gasteiger charge is 2.10. The van der Waals surface area contributed by atoms with E-state index in [-0.39, 0.29) is 17.9 Å². The summed E-state index contributed by atoms with van der Waals surface area (Å²) in [6, 6.07) is 10.1. The van der Waals surface area contributed by atoms with Crippen molar-refractivity contribution in [2.75, 3.05) is 6.54 Å². The van der Waals surface area contributed by atoms with Crippen molar-refractivity contribution < 1.29 is 9.59 Å². The average Bonchev–Trinajstić information content (AvgIpc) is 3.13. The van der Waals surface area contributed by atoms with Crippen LogP contribution in [0.3, 0.4) is 0 Å². The van der Waals surface area contributed by atoms with Crippen LogP contribution in [0.4, 0.5) is 0 Å². The second-order valence-electron chi connectivity index (χ2n) is 6.48. The first-order valence-electron chi connectivity index (χ1n) is 8.67. The number of rotatable bonds is 8. The maximum absolute atomic E-state index is 12.1. The zero-order valence-corrected chi connectivity index (χ0v) is 15.9. The van der Waals surface area contributed by atoms with Gasteiger partial charge in [0.2, 0.25) is 5.91 Å². The lowest BCUT2D eigenvalue weighted by Crippen LogP contribution is -2.28. The Labute approximate surface area is 153 Å². The van der Waals surface area contributed by atoms with Crippen LogP contribution in [-0.2, 0) is 4.79 Å². The molecule has 0 saturated carbocycles. The number of amides is 2. The second-order valence-corrected chi connectivity index (χ2v) is 7.26. The van der Waals surface area contributed by atoms with Crippen molar-refractivity contribution in [1.82, 2.24) is 10.6 Å². The largest absolute Gasteiger partial charge is 0.352 e. The number of carbonyl (C=O) groups is 2. The standard InChI is InChI=1S/C20H26N2O2S/c1-14(2)16-6-8-17(9-7-16)15(3)22-19(23)5-4-11-21-20(24)18-10-12-25-13-18/h6-10,12-15H,4-5,11H2,1-3H3,(H,21,24)(H,22,23). The Kier molecular flexibility index (Phi) is 7.19. The van der Waals surface area contributed by atoms with E-state index in [1.165, 1.54) is 16.9 Å². The summed E-state index contributed by atoms with van der Waals surface area (Å²) in [5, 5.41) is 9.53. The van der Waals surface area contributed by atoms with Crippen LogP contribution >= 0.6 is 11.3 Å². The summed E-state index contributed by atoms with van der Waals surface area (Å²) in [7, 11) is 0. The smallest absolute Gasteiger partial charge is 0.252 e. The minimum absolute atomic E-state index is 0.00483. The van der Waals surface area contributed by atoms with Crippen LogP contribution in [0.25, 0.3) is 0 Å². The van der Waals surface area contributed by atoms with Gasteiger partial charge in [-0.3, -0.25) is 9.59 Å². The van der Waals surface area contributed by atoms with Gasteiger partial charge in [-0.1, -0.05) is 38.1 Å². The Morgan fingerprint density at radius 1 is 1.04 bits per heavy atom. The molecule has 0 spiro atoms. The summed E-state index contributed by atoms with van der Waals surface area (Å²) >= 11 is 1.49. The summed E-state index contributed by atoms with van der Waals surface area (Å²) in [6.07, 6.45) is 1.03. The molecule has 134 valence electrons. The van der Waals surface area contributed by atoms with Gasteiger partial charge in [-0.2, -0.15) is 11.3 Å². The topological polar surface area (TPSA) is 58.2 Å². The van der Waals surface area contributed by atoms with E-state index in [1.54, 1.807) is 6.07 Å².